The largest absolute Gasteiger partial charge is 0.505 e. The Morgan fingerprint density at radius 1 is 1.21 bits per heavy atom. The van der Waals surface area contributed by atoms with Gasteiger partial charge in [-0.25, -0.2) is 0 Å². The van der Waals surface area contributed by atoms with Crippen molar-refractivity contribution >= 4 is 10.1 Å². The lowest BCUT2D eigenvalue weighted by atomic mass is 9.57. The first-order chi connectivity index (χ1) is 13.4. The molecular weight excluding hydrogens is 384 g/mol. The lowest BCUT2D eigenvalue weighted by Gasteiger charge is -2.48. The maximum Gasteiger partial charge on any atom is 0.264 e. The van der Waals surface area contributed by atoms with E-state index in [1.54, 1.807) is 27.6 Å². The second kappa shape index (κ2) is 6.79. The molecule has 8 heteroatoms. The van der Waals surface area contributed by atoms with Gasteiger partial charge in [-0.05, 0) is 17.7 Å². The number of methoxy groups -OCH3 is 3. The number of benzene rings is 1. The Morgan fingerprint density at radius 2 is 2.00 bits per heavy atom. The standard InChI is InChI=1S/C20H24O7S/c1-23-10-9-20-13-6-8-15(25-3)19(20)26-18-14(24-2)7-5-12(17(18)20)11-16(13)27-28(4,21)22/h5-10,13,15-16,19H,11H2,1-4H3/b10-9+/t13-,15-,16-,19-,20-/m0/s1. The topological polar surface area (TPSA) is 80.3 Å². The van der Waals surface area contributed by atoms with E-state index in [0.717, 1.165) is 17.4 Å². The predicted octanol–water partition coefficient (Wildman–Crippen LogP) is 1.96. The fraction of sp³-hybridized carbons (Fsp3) is 0.500. The summed E-state index contributed by atoms with van der Waals surface area (Å²) >= 11 is 0. The Morgan fingerprint density at radius 3 is 2.64 bits per heavy atom. The van der Waals surface area contributed by atoms with Crippen molar-refractivity contribution in [2.75, 3.05) is 27.6 Å². The first kappa shape index (κ1) is 19.3. The zero-order chi connectivity index (χ0) is 20.1. The maximum absolute atomic E-state index is 12.0. The van der Waals surface area contributed by atoms with Gasteiger partial charge < -0.3 is 18.9 Å². The van der Waals surface area contributed by atoms with Crippen LogP contribution in [0.3, 0.4) is 0 Å². The van der Waals surface area contributed by atoms with E-state index < -0.39 is 27.7 Å². The van der Waals surface area contributed by atoms with Gasteiger partial charge >= 0.3 is 0 Å². The Bertz CT molecular complexity index is 936. The van der Waals surface area contributed by atoms with Gasteiger partial charge in [-0.1, -0.05) is 18.2 Å². The minimum absolute atomic E-state index is 0.272. The van der Waals surface area contributed by atoms with Crippen LogP contribution >= 0.6 is 0 Å². The quantitative estimate of drug-likeness (QED) is 0.404. The molecule has 2 aliphatic carbocycles. The molecule has 0 unspecified atom stereocenters. The van der Waals surface area contributed by atoms with E-state index >= 15 is 0 Å². The summed E-state index contributed by atoms with van der Waals surface area (Å²) in [5.74, 6) is 1.03. The smallest absolute Gasteiger partial charge is 0.264 e. The normalized spacial score (nSPS) is 32.9. The summed E-state index contributed by atoms with van der Waals surface area (Å²) in [5, 5.41) is 0. The van der Waals surface area contributed by atoms with E-state index in [9.17, 15) is 8.42 Å². The fourth-order valence-corrected chi connectivity index (χ4v) is 5.48. The van der Waals surface area contributed by atoms with E-state index in [1.165, 1.54) is 0 Å². The second-order valence-corrected chi connectivity index (χ2v) is 8.90. The number of hydrogen-bond acceptors (Lipinski definition) is 7. The highest BCUT2D eigenvalue weighted by atomic mass is 32.2. The van der Waals surface area contributed by atoms with Crippen LogP contribution in [0.2, 0.25) is 0 Å². The lowest BCUT2D eigenvalue weighted by molar-refractivity contribution is -0.0229. The molecule has 0 saturated carbocycles. The first-order valence-electron chi connectivity index (χ1n) is 9.02. The van der Waals surface area contributed by atoms with Crippen LogP contribution in [0.25, 0.3) is 0 Å². The molecule has 0 aromatic heterocycles. The van der Waals surface area contributed by atoms with Gasteiger partial charge in [0.25, 0.3) is 10.1 Å². The van der Waals surface area contributed by atoms with Crippen molar-refractivity contribution in [2.24, 2.45) is 5.92 Å². The molecule has 0 N–H and O–H groups in total. The Balaban J connectivity index is 1.99. The highest BCUT2D eigenvalue weighted by molar-refractivity contribution is 7.86. The van der Waals surface area contributed by atoms with Crippen molar-refractivity contribution in [3.63, 3.8) is 0 Å². The molecule has 4 rings (SSSR count). The fourth-order valence-electron chi connectivity index (χ4n) is 4.84. The molecule has 1 aromatic rings. The molecule has 3 aliphatic rings. The molecule has 0 amide bonds. The zero-order valence-corrected chi connectivity index (χ0v) is 17.1. The van der Waals surface area contributed by atoms with Crippen molar-refractivity contribution in [1.82, 2.24) is 0 Å². The predicted molar refractivity (Wildman–Crippen MR) is 102 cm³/mol. The van der Waals surface area contributed by atoms with Gasteiger partial charge in [0.1, 0.15) is 12.2 Å². The number of ether oxygens (including phenoxy) is 4. The SMILES string of the molecule is CO/C=C/[C@]12c3c4ccc(OC)c3O[C@H]1[C@@H](OC)C=C[C@H]2[C@@H](OS(C)(=O)=O)C4. The van der Waals surface area contributed by atoms with Crippen LogP contribution in [0.5, 0.6) is 11.5 Å². The van der Waals surface area contributed by atoms with Gasteiger partial charge in [0.15, 0.2) is 11.5 Å². The second-order valence-electron chi connectivity index (χ2n) is 7.29. The summed E-state index contributed by atoms with van der Waals surface area (Å²) in [7, 11) is 1.16. The third kappa shape index (κ3) is 2.74. The molecule has 152 valence electrons. The summed E-state index contributed by atoms with van der Waals surface area (Å²) in [6, 6.07) is 3.78. The van der Waals surface area contributed by atoms with Crippen molar-refractivity contribution < 1.29 is 31.5 Å². The van der Waals surface area contributed by atoms with E-state index in [4.69, 9.17) is 23.1 Å². The van der Waals surface area contributed by atoms with Crippen LogP contribution in [0.4, 0.5) is 0 Å². The van der Waals surface area contributed by atoms with Gasteiger partial charge in [0.05, 0.1) is 38.3 Å². The van der Waals surface area contributed by atoms with Crippen LogP contribution in [-0.2, 0) is 35.6 Å². The molecule has 1 aliphatic heterocycles. The minimum Gasteiger partial charge on any atom is -0.505 e. The van der Waals surface area contributed by atoms with Crippen molar-refractivity contribution in [3.8, 4) is 11.5 Å². The number of hydrogen-bond donors (Lipinski definition) is 0. The first-order valence-corrected chi connectivity index (χ1v) is 10.8. The molecule has 7 nitrogen and oxygen atoms in total. The molecular formula is C20H24O7S. The van der Waals surface area contributed by atoms with Gasteiger partial charge in [0, 0.05) is 25.0 Å². The van der Waals surface area contributed by atoms with Gasteiger partial charge in [0.2, 0.25) is 0 Å². The van der Waals surface area contributed by atoms with Crippen molar-refractivity contribution in [2.45, 2.75) is 30.1 Å². The summed E-state index contributed by atoms with van der Waals surface area (Å²) in [6.45, 7) is 0. The summed E-state index contributed by atoms with van der Waals surface area (Å²) in [4.78, 5) is 0. The van der Waals surface area contributed by atoms with Crippen LogP contribution in [0.1, 0.15) is 11.1 Å². The number of rotatable bonds is 6. The maximum atomic E-state index is 12.0. The lowest BCUT2D eigenvalue weighted by Crippen LogP contribution is -2.57. The average molecular weight is 408 g/mol. The van der Waals surface area contributed by atoms with Crippen LogP contribution in [0.15, 0.2) is 36.6 Å². The van der Waals surface area contributed by atoms with Gasteiger partial charge in [-0.3, -0.25) is 4.18 Å². The molecule has 28 heavy (non-hydrogen) atoms. The third-order valence-corrected chi connectivity index (χ3v) is 6.40. The van der Waals surface area contributed by atoms with Gasteiger partial charge in [-0.2, -0.15) is 8.42 Å². The third-order valence-electron chi connectivity index (χ3n) is 5.81. The molecule has 0 bridgehead atoms. The molecule has 0 spiro atoms. The summed E-state index contributed by atoms with van der Waals surface area (Å²) < 4.78 is 52.3. The molecule has 1 aromatic carbocycles. The van der Waals surface area contributed by atoms with Crippen molar-refractivity contribution in [1.29, 1.82) is 0 Å². The minimum atomic E-state index is -3.64. The van der Waals surface area contributed by atoms with Crippen molar-refractivity contribution in [3.05, 3.63) is 47.7 Å². The molecule has 0 saturated heterocycles. The molecule has 0 fully saturated rings. The Kier molecular flexibility index (Phi) is 4.68. The monoisotopic (exact) mass is 408 g/mol. The molecule has 5 atom stereocenters. The Labute approximate surface area is 165 Å². The molecule has 0 radical (unpaired) electrons. The molecule has 1 heterocycles. The van der Waals surface area contributed by atoms with Crippen LogP contribution in [0, 0.1) is 5.92 Å². The Hall–Kier alpha value is -2.03. The highest BCUT2D eigenvalue weighted by Crippen LogP contribution is 2.60. The summed E-state index contributed by atoms with van der Waals surface area (Å²) in [6.07, 6.45) is 7.66. The van der Waals surface area contributed by atoms with E-state index in [0.29, 0.717) is 17.9 Å². The van der Waals surface area contributed by atoms with E-state index in [-0.39, 0.29) is 12.0 Å². The average Bonchev–Trinajstić information content (AvgIpc) is 3.00. The zero-order valence-electron chi connectivity index (χ0n) is 16.2. The van der Waals surface area contributed by atoms with Gasteiger partial charge in [-0.15, -0.1) is 0 Å². The van der Waals surface area contributed by atoms with Crippen LogP contribution in [-0.4, -0.2) is 54.3 Å². The van der Waals surface area contributed by atoms with Crippen LogP contribution < -0.4 is 9.47 Å². The summed E-state index contributed by atoms with van der Waals surface area (Å²) in [5.41, 5.74) is 1.25. The highest BCUT2D eigenvalue weighted by Gasteiger charge is 2.62. The van der Waals surface area contributed by atoms with E-state index in [1.807, 2.05) is 30.4 Å². The van der Waals surface area contributed by atoms with E-state index in [2.05, 4.69) is 0 Å².